The molecule has 0 N–H and O–H groups in total. The van der Waals surface area contributed by atoms with Crippen molar-refractivity contribution in [3.05, 3.63) is 0 Å². The standard InChI is InChI=1S/C13H27NO2S/c1-5-14(6-2)12(9-8-10-17-4)11-13(15)16-7-3/h12H,5-11H2,1-4H3. The van der Waals surface area contributed by atoms with Crippen LogP contribution in [0, 0.1) is 0 Å². The van der Waals surface area contributed by atoms with Gasteiger partial charge in [-0.25, -0.2) is 0 Å². The van der Waals surface area contributed by atoms with Crippen LogP contribution in [0.4, 0.5) is 0 Å². The molecule has 0 aromatic rings. The number of esters is 1. The molecule has 1 atom stereocenters. The van der Waals surface area contributed by atoms with Gasteiger partial charge in [-0.3, -0.25) is 4.79 Å². The van der Waals surface area contributed by atoms with Gasteiger partial charge in [0.15, 0.2) is 0 Å². The Balaban J connectivity index is 4.22. The second-order valence-corrected chi connectivity index (χ2v) is 5.00. The van der Waals surface area contributed by atoms with Crippen molar-refractivity contribution >= 4 is 17.7 Å². The lowest BCUT2D eigenvalue weighted by molar-refractivity contribution is -0.144. The van der Waals surface area contributed by atoms with E-state index in [1.807, 2.05) is 18.7 Å². The number of carbonyl (C=O) groups excluding carboxylic acids is 1. The smallest absolute Gasteiger partial charge is 0.307 e. The zero-order valence-electron chi connectivity index (χ0n) is 11.7. The highest BCUT2D eigenvalue weighted by molar-refractivity contribution is 7.98. The molecule has 0 saturated heterocycles. The maximum Gasteiger partial charge on any atom is 0.307 e. The summed E-state index contributed by atoms with van der Waals surface area (Å²) >= 11 is 1.86. The van der Waals surface area contributed by atoms with Crippen LogP contribution in [0.2, 0.25) is 0 Å². The predicted octanol–water partition coefficient (Wildman–Crippen LogP) is 2.79. The molecule has 17 heavy (non-hydrogen) atoms. The van der Waals surface area contributed by atoms with Gasteiger partial charge < -0.3 is 9.64 Å². The van der Waals surface area contributed by atoms with Crippen LogP contribution >= 0.6 is 11.8 Å². The summed E-state index contributed by atoms with van der Waals surface area (Å²) in [5, 5.41) is 0. The molecule has 0 bridgehead atoms. The summed E-state index contributed by atoms with van der Waals surface area (Å²) in [7, 11) is 0. The Hall–Kier alpha value is -0.220. The van der Waals surface area contributed by atoms with Gasteiger partial charge in [-0.2, -0.15) is 11.8 Å². The van der Waals surface area contributed by atoms with Crippen LogP contribution < -0.4 is 0 Å². The van der Waals surface area contributed by atoms with Crippen LogP contribution in [0.25, 0.3) is 0 Å². The molecule has 0 heterocycles. The second-order valence-electron chi connectivity index (χ2n) is 4.02. The predicted molar refractivity (Wildman–Crippen MR) is 75.6 cm³/mol. The first-order valence-electron chi connectivity index (χ1n) is 6.58. The van der Waals surface area contributed by atoms with Gasteiger partial charge in [0.2, 0.25) is 0 Å². The first kappa shape index (κ1) is 16.8. The van der Waals surface area contributed by atoms with Gasteiger partial charge in [0.1, 0.15) is 0 Å². The van der Waals surface area contributed by atoms with E-state index in [1.54, 1.807) is 0 Å². The zero-order chi connectivity index (χ0) is 13.1. The Labute approximate surface area is 110 Å². The Morgan fingerprint density at radius 2 is 1.94 bits per heavy atom. The summed E-state index contributed by atoms with van der Waals surface area (Å²) in [6.45, 7) is 8.64. The van der Waals surface area contributed by atoms with Crippen LogP contribution in [0.3, 0.4) is 0 Å². The molecule has 0 amide bonds. The Bertz CT molecular complexity index is 196. The van der Waals surface area contributed by atoms with Gasteiger partial charge in [0.25, 0.3) is 0 Å². The van der Waals surface area contributed by atoms with E-state index < -0.39 is 0 Å². The molecule has 0 spiro atoms. The number of thioether (sulfide) groups is 1. The lowest BCUT2D eigenvalue weighted by atomic mass is 10.1. The molecule has 0 fully saturated rings. The van der Waals surface area contributed by atoms with E-state index in [9.17, 15) is 4.79 Å². The van der Waals surface area contributed by atoms with Crippen molar-refractivity contribution < 1.29 is 9.53 Å². The molecule has 0 aromatic carbocycles. The molecular formula is C13H27NO2S. The molecule has 0 aliphatic carbocycles. The average molecular weight is 261 g/mol. The highest BCUT2D eigenvalue weighted by Crippen LogP contribution is 2.13. The Kier molecular flexibility index (Phi) is 10.8. The van der Waals surface area contributed by atoms with E-state index in [0.717, 1.165) is 19.5 Å². The van der Waals surface area contributed by atoms with Crippen LogP contribution in [0.1, 0.15) is 40.0 Å². The van der Waals surface area contributed by atoms with Crippen molar-refractivity contribution in [3.8, 4) is 0 Å². The molecular weight excluding hydrogens is 234 g/mol. The van der Waals surface area contributed by atoms with Crippen LogP contribution in [-0.2, 0) is 9.53 Å². The maximum atomic E-state index is 11.6. The quantitative estimate of drug-likeness (QED) is 0.447. The van der Waals surface area contributed by atoms with Crippen LogP contribution in [0.15, 0.2) is 0 Å². The van der Waals surface area contributed by atoms with E-state index in [1.165, 1.54) is 12.2 Å². The van der Waals surface area contributed by atoms with Gasteiger partial charge in [-0.05, 0) is 44.9 Å². The maximum absolute atomic E-state index is 11.6. The highest BCUT2D eigenvalue weighted by Gasteiger charge is 2.19. The number of ether oxygens (including phenoxy) is 1. The van der Waals surface area contributed by atoms with E-state index in [2.05, 4.69) is 25.0 Å². The SMILES string of the molecule is CCOC(=O)CC(CCCSC)N(CC)CC. The lowest BCUT2D eigenvalue weighted by Gasteiger charge is -2.29. The molecule has 0 saturated carbocycles. The number of hydrogen-bond donors (Lipinski definition) is 0. The van der Waals surface area contributed by atoms with Crippen molar-refractivity contribution in [1.29, 1.82) is 0 Å². The van der Waals surface area contributed by atoms with Gasteiger partial charge in [0, 0.05) is 6.04 Å². The Morgan fingerprint density at radius 3 is 2.41 bits per heavy atom. The van der Waals surface area contributed by atoms with Crippen molar-refractivity contribution in [2.75, 3.05) is 31.7 Å². The molecule has 0 aliphatic heterocycles. The van der Waals surface area contributed by atoms with Crippen molar-refractivity contribution in [3.63, 3.8) is 0 Å². The molecule has 0 radical (unpaired) electrons. The summed E-state index contributed by atoms with van der Waals surface area (Å²) in [5.41, 5.74) is 0. The minimum absolute atomic E-state index is 0.0615. The van der Waals surface area contributed by atoms with E-state index in [0.29, 0.717) is 19.1 Å². The van der Waals surface area contributed by atoms with Crippen molar-refractivity contribution in [1.82, 2.24) is 4.90 Å². The normalized spacial score (nSPS) is 12.8. The fourth-order valence-electron chi connectivity index (χ4n) is 2.03. The third kappa shape index (κ3) is 7.66. The van der Waals surface area contributed by atoms with Gasteiger partial charge in [-0.1, -0.05) is 13.8 Å². The molecule has 3 nitrogen and oxygen atoms in total. The fraction of sp³-hybridized carbons (Fsp3) is 0.923. The average Bonchev–Trinajstić information content (AvgIpc) is 2.31. The van der Waals surface area contributed by atoms with Gasteiger partial charge >= 0.3 is 5.97 Å². The monoisotopic (exact) mass is 261 g/mol. The van der Waals surface area contributed by atoms with E-state index in [4.69, 9.17) is 4.74 Å². The summed E-state index contributed by atoms with van der Waals surface area (Å²) in [6.07, 6.45) is 4.91. The van der Waals surface area contributed by atoms with Crippen LogP contribution in [-0.4, -0.2) is 48.6 Å². The van der Waals surface area contributed by atoms with Crippen LogP contribution in [0.5, 0.6) is 0 Å². The summed E-state index contributed by atoms with van der Waals surface area (Å²) in [6, 6.07) is 0.344. The number of rotatable bonds is 10. The molecule has 1 unspecified atom stereocenters. The van der Waals surface area contributed by atoms with Gasteiger partial charge in [-0.15, -0.1) is 0 Å². The Morgan fingerprint density at radius 1 is 1.29 bits per heavy atom. The number of nitrogens with zero attached hydrogens (tertiary/aromatic N) is 1. The second kappa shape index (κ2) is 10.9. The van der Waals surface area contributed by atoms with Gasteiger partial charge in [0.05, 0.1) is 13.0 Å². The van der Waals surface area contributed by atoms with E-state index in [-0.39, 0.29) is 5.97 Å². The summed E-state index contributed by atoms with van der Waals surface area (Å²) in [5.74, 6) is 1.11. The molecule has 0 aliphatic rings. The topological polar surface area (TPSA) is 29.5 Å². The molecule has 0 rings (SSSR count). The summed E-state index contributed by atoms with van der Waals surface area (Å²) in [4.78, 5) is 13.9. The largest absolute Gasteiger partial charge is 0.466 e. The zero-order valence-corrected chi connectivity index (χ0v) is 12.5. The van der Waals surface area contributed by atoms with Crippen molar-refractivity contribution in [2.45, 2.75) is 46.1 Å². The first-order valence-corrected chi connectivity index (χ1v) is 7.97. The number of hydrogen-bond acceptors (Lipinski definition) is 4. The minimum Gasteiger partial charge on any atom is -0.466 e. The highest BCUT2D eigenvalue weighted by atomic mass is 32.2. The lowest BCUT2D eigenvalue weighted by Crippen LogP contribution is -2.37. The third-order valence-corrected chi connectivity index (χ3v) is 3.62. The molecule has 0 aromatic heterocycles. The molecule has 4 heteroatoms. The number of carbonyl (C=O) groups is 1. The fourth-order valence-corrected chi connectivity index (χ4v) is 2.48. The minimum atomic E-state index is -0.0615. The van der Waals surface area contributed by atoms with E-state index >= 15 is 0 Å². The third-order valence-electron chi connectivity index (χ3n) is 2.92. The first-order chi connectivity index (χ1) is 8.19. The summed E-state index contributed by atoms with van der Waals surface area (Å²) < 4.78 is 5.05. The molecule has 102 valence electrons. The van der Waals surface area contributed by atoms with Crippen molar-refractivity contribution in [2.24, 2.45) is 0 Å².